The van der Waals surface area contributed by atoms with Gasteiger partial charge in [-0.15, -0.1) is 0 Å². The molecular weight excluding hydrogens is 205 g/mol. The summed E-state index contributed by atoms with van der Waals surface area (Å²) in [6, 6.07) is 13.1. The number of nitrogens with two attached hydrogens (primary N) is 1. The minimum atomic E-state index is -0.558. The van der Waals surface area contributed by atoms with Crippen LogP contribution in [0.15, 0.2) is 48.5 Å². The van der Waals surface area contributed by atoms with Gasteiger partial charge in [-0.1, -0.05) is 30.3 Å². The van der Waals surface area contributed by atoms with E-state index in [0.29, 0.717) is 11.1 Å². The van der Waals surface area contributed by atoms with Gasteiger partial charge in [0.15, 0.2) is 0 Å². The maximum atomic E-state index is 13.6. The van der Waals surface area contributed by atoms with Crippen LogP contribution >= 0.6 is 0 Å². The van der Waals surface area contributed by atoms with Gasteiger partial charge in [-0.2, -0.15) is 0 Å². The van der Waals surface area contributed by atoms with E-state index in [9.17, 15) is 9.18 Å². The second kappa shape index (κ2) is 4.14. The Labute approximate surface area is 92.5 Å². The van der Waals surface area contributed by atoms with Crippen molar-refractivity contribution in [1.82, 2.24) is 0 Å². The monoisotopic (exact) mass is 215 g/mol. The molecule has 0 radical (unpaired) electrons. The summed E-state index contributed by atoms with van der Waals surface area (Å²) in [5, 5.41) is 0. The average molecular weight is 215 g/mol. The van der Waals surface area contributed by atoms with E-state index in [-0.39, 0.29) is 5.82 Å². The van der Waals surface area contributed by atoms with E-state index >= 15 is 0 Å². The van der Waals surface area contributed by atoms with E-state index in [1.54, 1.807) is 12.1 Å². The summed E-state index contributed by atoms with van der Waals surface area (Å²) in [5.74, 6) is -0.923. The molecule has 0 saturated heterocycles. The summed E-state index contributed by atoms with van der Waals surface area (Å²) in [6.45, 7) is 0. The molecule has 0 fully saturated rings. The number of rotatable bonds is 2. The van der Waals surface area contributed by atoms with Crippen LogP contribution in [0.1, 0.15) is 10.4 Å². The van der Waals surface area contributed by atoms with Crippen LogP contribution in [0.25, 0.3) is 11.1 Å². The van der Waals surface area contributed by atoms with Crippen molar-refractivity contribution in [3.8, 4) is 11.1 Å². The summed E-state index contributed by atoms with van der Waals surface area (Å²) >= 11 is 0. The van der Waals surface area contributed by atoms with Crippen LogP contribution in [0, 0.1) is 5.82 Å². The number of benzene rings is 2. The average Bonchev–Trinajstić information content (AvgIpc) is 2.30. The minimum absolute atomic E-state index is 0.306. The number of carbonyl (C=O) groups is 1. The Morgan fingerprint density at radius 3 is 2.38 bits per heavy atom. The van der Waals surface area contributed by atoms with Crippen LogP contribution in [-0.4, -0.2) is 5.91 Å². The van der Waals surface area contributed by atoms with Gasteiger partial charge in [0.2, 0.25) is 5.91 Å². The predicted octanol–water partition coefficient (Wildman–Crippen LogP) is 2.59. The van der Waals surface area contributed by atoms with Crippen LogP contribution in [0.3, 0.4) is 0 Å². The second-order valence-electron chi connectivity index (χ2n) is 3.42. The second-order valence-corrected chi connectivity index (χ2v) is 3.42. The molecule has 2 aromatic carbocycles. The smallest absolute Gasteiger partial charge is 0.248 e. The number of primary amides is 1. The fraction of sp³-hybridized carbons (Fsp3) is 0. The van der Waals surface area contributed by atoms with Gasteiger partial charge in [-0.3, -0.25) is 4.79 Å². The number of carbonyl (C=O) groups excluding carboxylic acids is 1. The lowest BCUT2D eigenvalue weighted by Crippen LogP contribution is -2.11. The molecule has 0 aliphatic rings. The lowest BCUT2D eigenvalue weighted by molar-refractivity contribution is 0.100. The van der Waals surface area contributed by atoms with E-state index in [1.165, 1.54) is 18.2 Å². The molecule has 0 aromatic heterocycles. The Bertz CT molecular complexity index is 523. The van der Waals surface area contributed by atoms with Crippen molar-refractivity contribution in [3.63, 3.8) is 0 Å². The molecule has 2 aromatic rings. The van der Waals surface area contributed by atoms with Crippen molar-refractivity contribution in [3.05, 3.63) is 59.9 Å². The summed E-state index contributed by atoms with van der Waals surface area (Å²) in [4.78, 5) is 11.0. The van der Waals surface area contributed by atoms with Gasteiger partial charge in [0.25, 0.3) is 0 Å². The number of hydrogen-bond donors (Lipinski definition) is 1. The number of halogens is 1. The first-order chi connectivity index (χ1) is 7.68. The Balaban J connectivity index is 2.56. The lowest BCUT2D eigenvalue weighted by atomic mass is 10.0. The first-order valence-corrected chi connectivity index (χ1v) is 4.83. The highest BCUT2D eigenvalue weighted by molar-refractivity contribution is 5.94. The first-order valence-electron chi connectivity index (χ1n) is 4.83. The van der Waals surface area contributed by atoms with Gasteiger partial charge in [0.05, 0.1) is 0 Å². The molecule has 1 amide bonds. The van der Waals surface area contributed by atoms with Gasteiger partial charge in [-0.25, -0.2) is 4.39 Å². The molecule has 0 bridgehead atoms. The van der Waals surface area contributed by atoms with Gasteiger partial charge >= 0.3 is 0 Å². The molecule has 2 N–H and O–H groups in total. The van der Waals surface area contributed by atoms with E-state index < -0.39 is 5.91 Å². The Morgan fingerprint density at radius 1 is 1.06 bits per heavy atom. The summed E-state index contributed by atoms with van der Waals surface area (Å²) in [5.41, 5.74) is 6.57. The molecule has 2 rings (SSSR count). The summed E-state index contributed by atoms with van der Waals surface area (Å²) < 4.78 is 13.6. The molecule has 0 saturated carbocycles. The predicted molar refractivity (Wildman–Crippen MR) is 60.4 cm³/mol. The van der Waals surface area contributed by atoms with Crippen LogP contribution < -0.4 is 5.73 Å². The van der Waals surface area contributed by atoms with Crippen molar-refractivity contribution >= 4 is 5.91 Å². The quantitative estimate of drug-likeness (QED) is 0.822. The van der Waals surface area contributed by atoms with Gasteiger partial charge in [0, 0.05) is 11.1 Å². The van der Waals surface area contributed by atoms with E-state index in [1.807, 2.05) is 18.2 Å². The number of hydrogen-bond acceptors (Lipinski definition) is 1. The SMILES string of the molecule is NC(=O)c1ccc(F)c(-c2ccccc2)c1. The van der Waals surface area contributed by atoms with Crippen LogP contribution in [0.5, 0.6) is 0 Å². The van der Waals surface area contributed by atoms with Crippen LogP contribution in [-0.2, 0) is 0 Å². The summed E-state index contributed by atoms with van der Waals surface area (Å²) in [7, 11) is 0. The normalized spacial score (nSPS) is 10.1. The minimum Gasteiger partial charge on any atom is -0.366 e. The van der Waals surface area contributed by atoms with E-state index in [4.69, 9.17) is 5.73 Å². The standard InChI is InChI=1S/C13H10FNO/c14-12-7-6-10(13(15)16)8-11(12)9-4-2-1-3-5-9/h1-8H,(H2,15,16). The van der Waals surface area contributed by atoms with Gasteiger partial charge in [-0.05, 0) is 23.8 Å². The topological polar surface area (TPSA) is 43.1 Å². The lowest BCUT2D eigenvalue weighted by Gasteiger charge is -2.04. The highest BCUT2D eigenvalue weighted by Gasteiger charge is 2.08. The molecule has 0 unspecified atom stereocenters. The van der Waals surface area contributed by atoms with Crippen molar-refractivity contribution in [1.29, 1.82) is 0 Å². The molecule has 80 valence electrons. The molecular formula is C13H10FNO. The molecule has 3 heteroatoms. The molecule has 16 heavy (non-hydrogen) atoms. The zero-order chi connectivity index (χ0) is 11.5. The zero-order valence-corrected chi connectivity index (χ0v) is 8.48. The van der Waals surface area contributed by atoms with Crippen molar-refractivity contribution in [2.24, 2.45) is 5.73 Å². The van der Waals surface area contributed by atoms with Crippen molar-refractivity contribution in [2.75, 3.05) is 0 Å². The third kappa shape index (κ3) is 1.93. The highest BCUT2D eigenvalue weighted by atomic mass is 19.1. The largest absolute Gasteiger partial charge is 0.366 e. The third-order valence-electron chi connectivity index (χ3n) is 2.34. The maximum Gasteiger partial charge on any atom is 0.248 e. The maximum absolute atomic E-state index is 13.6. The molecule has 2 nitrogen and oxygen atoms in total. The van der Waals surface area contributed by atoms with E-state index in [2.05, 4.69) is 0 Å². The zero-order valence-electron chi connectivity index (χ0n) is 8.48. The fourth-order valence-electron chi connectivity index (χ4n) is 1.52. The fourth-order valence-corrected chi connectivity index (χ4v) is 1.52. The van der Waals surface area contributed by atoms with Crippen molar-refractivity contribution in [2.45, 2.75) is 0 Å². The Morgan fingerprint density at radius 2 is 1.75 bits per heavy atom. The molecule has 0 aliphatic heterocycles. The molecule has 0 heterocycles. The Hall–Kier alpha value is -2.16. The van der Waals surface area contributed by atoms with E-state index in [0.717, 1.165) is 5.56 Å². The molecule has 0 atom stereocenters. The van der Waals surface area contributed by atoms with Gasteiger partial charge in [0.1, 0.15) is 5.82 Å². The van der Waals surface area contributed by atoms with Crippen LogP contribution in [0.2, 0.25) is 0 Å². The molecule has 0 aliphatic carbocycles. The first kappa shape index (κ1) is 10.4. The number of amides is 1. The third-order valence-corrected chi connectivity index (χ3v) is 2.34. The highest BCUT2D eigenvalue weighted by Crippen LogP contribution is 2.23. The Kier molecular flexibility index (Phi) is 2.68. The molecule has 0 spiro atoms. The van der Waals surface area contributed by atoms with Crippen LogP contribution in [0.4, 0.5) is 4.39 Å². The van der Waals surface area contributed by atoms with Gasteiger partial charge < -0.3 is 5.73 Å². The summed E-state index contributed by atoms with van der Waals surface area (Å²) in [6.07, 6.45) is 0. The van der Waals surface area contributed by atoms with Crippen molar-refractivity contribution < 1.29 is 9.18 Å².